The Balaban J connectivity index is 1.42. The van der Waals surface area contributed by atoms with Crippen LogP contribution in [0, 0.1) is 36.5 Å². The van der Waals surface area contributed by atoms with Crippen molar-refractivity contribution in [1.29, 1.82) is 0 Å². The number of fused-ring (bicyclic) bond motifs is 5. The zero-order valence-corrected chi connectivity index (χ0v) is 18.6. The molecule has 1 aromatic carbocycles. The van der Waals surface area contributed by atoms with Crippen molar-refractivity contribution in [2.24, 2.45) is 29.6 Å². The van der Waals surface area contributed by atoms with Crippen molar-refractivity contribution in [2.75, 3.05) is 11.9 Å². The van der Waals surface area contributed by atoms with Gasteiger partial charge in [-0.2, -0.15) is 0 Å². The van der Waals surface area contributed by atoms with Gasteiger partial charge < -0.3 is 10.1 Å². The highest BCUT2D eigenvalue weighted by Crippen LogP contribution is 2.56. The normalized spacial score (nSPS) is 27.6. The number of imide groups is 1. The number of carbonyl (C=O) groups is 4. The predicted molar refractivity (Wildman–Crippen MR) is 114 cm³/mol. The molecule has 2 saturated carbocycles. The molecule has 1 aliphatic heterocycles. The third kappa shape index (κ3) is 3.84. The highest BCUT2D eigenvalue weighted by molar-refractivity contribution is 6.31. The molecule has 2 aliphatic carbocycles. The van der Waals surface area contributed by atoms with Crippen LogP contribution in [-0.2, 0) is 23.9 Å². The van der Waals surface area contributed by atoms with Crippen LogP contribution in [0.15, 0.2) is 18.2 Å². The van der Waals surface area contributed by atoms with Gasteiger partial charge in [-0.15, -0.1) is 0 Å². The molecule has 3 amide bonds. The molecule has 1 heterocycles. The van der Waals surface area contributed by atoms with Crippen molar-refractivity contribution in [3.8, 4) is 0 Å². The van der Waals surface area contributed by atoms with Gasteiger partial charge in [0.05, 0.1) is 11.8 Å². The second-order valence-corrected chi connectivity index (χ2v) is 9.67. The highest BCUT2D eigenvalue weighted by atomic mass is 35.5. The van der Waals surface area contributed by atoms with Crippen LogP contribution in [-0.4, -0.2) is 41.2 Å². The average Bonchev–Trinajstić information content (AvgIpc) is 3.39. The van der Waals surface area contributed by atoms with E-state index in [2.05, 4.69) is 5.32 Å². The Hall–Kier alpha value is -2.41. The molecule has 7 nitrogen and oxygen atoms in total. The first-order chi connectivity index (χ1) is 14.7. The molecular weight excluding hydrogens is 420 g/mol. The van der Waals surface area contributed by atoms with Crippen LogP contribution in [0.5, 0.6) is 0 Å². The average molecular weight is 447 g/mol. The summed E-state index contributed by atoms with van der Waals surface area (Å²) in [4.78, 5) is 52.5. The van der Waals surface area contributed by atoms with Crippen molar-refractivity contribution in [3.63, 3.8) is 0 Å². The maximum Gasteiger partial charge on any atom is 0.330 e. The van der Waals surface area contributed by atoms with Crippen molar-refractivity contribution in [1.82, 2.24) is 4.90 Å². The summed E-state index contributed by atoms with van der Waals surface area (Å²) in [6.45, 7) is 4.85. The lowest BCUT2D eigenvalue weighted by atomic mass is 9.81. The molecule has 0 spiro atoms. The summed E-state index contributed by atoms with van der Waals surface area (Å²) >= 11 is 5.96. The number of benzene rings is 1. The number of nitrogens with zero attached hydrogens (tertiary/aromatic N) is 1. The number of likely N-dealkylation sites (tertiary alicyclic amines) is 1. The number of ether oxygens (including phenoxy) is 1. The highest BCUT2D eigenvalue weighted by Gasteiger charge is 2.62. The lowest BCUT2D eigenvalue weighted by molar-refractivity contribution is -0.162. The van der Waals surface area contributed by atoms with Crippen LogP contribution in [0.4, 0.5) is 5.69 Å². The van der Waals surface area contributed by atoms with E-state index in [0.29, 0.717) is 10.7 Å². The number of hydrogen-bond donors (Lipinski definition) is 1. The Kier molecular flexibility index (Phi) is 5.81. The first-order valence-corrected chi connectivity index (χ1v) is 11.2. The molecule has 1 aromatic rings. The number of halogens is 1. The van der Waals surface area contributed by atoms with E-state index < -0.39 is 24.5 Å². The minimum absolute atomic E-state index is 0.243. The molecule has 0 aromatic heterocycles. The summed E-state index contributed by atoms with van der Waals surface area (Å²) in [5.41, 5.74) is 1.35. The molecule has 1 N–H and O–H groups in total. The number of aryl methyl sites for hydroxylation is 1. The Bertz CT molecular complexity index is 918. The Morgan fingerprint density at radius 3 is 2.35 bits per heavy atom. The van der Waals surface area contributed by atoms with E-state index in [4.69, 9.17) is 16.3 Å². The third-order valence-corrected chi connectivity index (χ3v) is 7.17. The molecule has 0 radical (unpaired) electrons. The summed E-state index contributed by atoms with van der Waals surface area (Å²) in [7, 11) is 0. The summed E-state index contributed by atoms with van der Waals surface area (Å²) in [6.07, 6.45) is 2.87. The van der Waals surface area contributed by atoms with E-state index in [1.165, 1.54) is 0 Å². The molecule has 1 saturated heterocycles. The van der Waals surface area contributed by atoms with Gasteiger partial charge in [-0.05, 0) is 61.6 Å². The fourth-order valence-electron chi connectivity index (χ4n) is 5.52. The summed E-state index contributed by atoms with van der Waals surface area (Å²) in [5.74, 6) is -2.19. The van der Waals surface area contributed by atoms with Crippen LogP contribution in [0.25, 0.3) is 0 Å². The third-order valence-electron chi connectivity index (χ3n) is 6.93. The number of rotatable bonds is 6. The monoisotopic (exact) mass is 446 g/mol. The smallest absolute Gasteiger partial charge is 0.330 e. The largest absolute Gasteiger partial charge is 0.454 e. The van der Waals surface area contributed by atoms with E-state index in [1.54, 1.807) is 32.0 Å². The molecule has 3 fully saturated rings. The molecule has 166 valence electrons. The van der Waals surface area contributed by atoms with Gasteiger partial charge in [-0.25, -0.2) is 4.79 Å². The standard InChI is InChI=1S/C23H27ClN2O5/c1-11(2)20(26-21(28)18-13-5-6-14(8-13)19(18)22(26)29)23(30)31-10-17(27)25-16-9-15(24)7-4-12(16)3/h4,7,9,11,13-14,18-20H,5-6,8,10H2,1-3H3,(H,25,27)/t13-,14-,18-,19+,20+/m0/s1. The Morgan fingerprint density at radius 2 is 1.77 bits per heavy atom. The summed E-state index contributed by atoms with van der Waals surface area (Å²) in [5, 5.41) is 3.14. The summed E-state index contributed by atoms with van der Waals surface area (Å²) < 4.78 is 5.24. The van der Waals surface area contributed by atoms with E-state index in [-0.39, 0.29) is 41.4 Å². The van der Waals surface area contributed by atoms with Crippen LogP contribution >= 0.6 is 11.6 Å². The van der Waals surface area contributed by atoms with E-state index in [9.17, 15) is 19.2 Å². The van der Waals surface area contributed by atoms with Crippen LogP contribution in [0.3, 0.4) is 0 Å². The predicted octanol–water partition coefficient (Wildman–Crippen LogP) is 3.19. The van der Waals surface area contributed by atoms with Crippen molar-refractivity contribution < 1.29 is 23.9 Å². The van der Waals surface area contributed by atoms with Gasteiger partial charge in [0.2, 0.25) is 11.8 Å². The number of amides is 3. The molecule has 3 aliphatic rings. The fourth-order valence-corrected chi connectivity index (χ4v) is 5.69. The second-order valence-electron chi connectivity index (χ2n) is 9.24. The van der Waals surface area contributed by atoms with Gasteiger partial charge in [-0.1, -0.05) is 31.5 Å². The maximum absolute atomic E-state index is 13.1. The minimum Gasteiger partial charge on any atom is -0.454 e. The van der Waals surface area contributed by atoms with E-state index in [1.807, 2.05) is 6.92 Å². The minimum atomic E-state index is -1.02. The lowest BCUT2D eigenvalue weighted by Gasteiger charge is -2.28. The van der Waals surface area contributed by atoms with Gasteiger partial charge >= 0.3 is 5.97 Å². The SMILES string of the molecule is Cc1ccc(Cl)cc1NC(=O)COC(=O)[C@@H](C(C)C)N1C(=O)[C@@H]2[C@H]3CC[C@@H](C3)[C@@H]2C1=O. The van der Waals surface area contributed by atoms with Gasteiger partial charge in [-0.3, -0.25) is 19.3 Å². The van der Waals surface area contributed by atoms with E-state index in [0.717, 1.165) is 29.7 Å². The zero-order valence-electron chi connectivity index (χ0n) is 17.9. The summed E-state index contributed by atoms with van der Waals surface area (Å²) in [6, 6.07) is 4.08. The number of esters is 1. The van der Waals surface area contributed by atoms with Crippen LogP contribution < -0.4 is 5.32 Å². The number of hydrogen-bond acceptors (Lipinski definition) is 5. The molecule has 5 atom stereocenters. The number of carbonyl (C=O) groups excluding carboxylic acids is 4. The Morgan fingerprint density at radius 1 is 1.16 bits per heavy atom. The van der Waals surface area contributed by atoms with Crippen molar-refractivity contribution in [3.05, 3.63) is 28.8 Å². The first-order valence-electron chi connectivity index (χ1n) is 10.8. The number of nitrogens with one attached hydrogen (secondary N) is 1. The van der Waals surface area contributed by atoms with Crippen LogP contribution in [0.2, 0.25) is 5.02 Å². The Labute approximate surface area is 186 Å². The van der Waals surface area contributed by atoms with Gasteiger partial charge in [0.25, 0.3) is 5.91 Å². The van der Waals surface area contributed by atoms with Gasteiger partial charge in [0, 0.05) is 10.7 Å². The van der Waals surface area contributed by atoms with Gasteiger partial charge in [0.15, 0.2) is 6.61 Å². The molecule has 2 bridgehead atoms. The van der Waals surface area contributed by atoms with E-state index >= 15 is 0 Å². The van der Waals surface area contributed by atoms with Gasteiger partial charge in [0.1, 0.15) is 6.04 Å². The molecular formula is C23H27ClN2O5. The lowest BCUT2D eigenvalue weighted by Crippen LogP contribution is -2.50. The molecule has 8 heteroatoms. The quantitative estimate of drug-likeness (QED) is 0.535. The van der Waals surface area contributed by atoms with Crippen molar-refractivity contribution in [2.45, 2.75) is 46.1 Å². The second kappa shape index (κ2) is 8.26. The van der Waals surface area contributed by atoms with Crippen LogP contribution in [0.1, 0.15) is 38.7 Å². The molecule has 4 rings (SSSR count). The first kappa shape index (κ1) is 21.8. The van der Waals surface area contributed by atoms with Crippen molar-refractivity contribution >= 4 is 41.0 Å². The topological polar surface area (TPSA) is 92.8 Å². The molecule has 0 unspecified atom stereocenters. The zero-order chi connectivity index (χ0) is 22.4. The fraction of sp³-hybridized carbons (Fsp3) is 0.565. The maximum atomic E-state index is 13.1. The molecule has 31 heavy (non-hydrogen) atoms. The number of anilines is 1.